The Morgan fingerprint density at radius 3 is 1.74 bits per heavy atom. The van der Waals surface area contributed by atoms with Crippen molar-refractivity contribution in [1.29, 1.82) is 0 Å². The Morgan fingerprint density at radius 2 is 1.35 bits per heavy atom. The first-order valence-electron chi connectivity index (χ1n) is 9.47. The number of aliphatic carboxylic acids is 1. The monoisotopic (exact) mass is 329 g/mol. The van der Waals surface area contributed by atoms with Gasteiger partial charge in [0.05, 0.1) is 21.1 Å². The average Bonchev–Trinajstić information content (AvgIpc) is 2.42. The zero-order valence-corrected chi connectivity index (χ0v) is 15.9. The molecule has 23 heavy (non-hydrogen) atoms. The predicted octanol–water partition coefficient (Wildman–Crippen LogP) is 2.73. The van der Waals surface area contributed by atoms with E-state index < -0.39 is 18.0 Å². The molecule has 0 aromatic carbocycles. The van der Waals surface area contributed by atoms with E-state index in [1.165, 1.54) is 51.4 Å². The number of carbonyl (C=O) groups is 1. The summed E-state index contributed by atoms with van der Waals surface area (Å²) in [6.45, 7) is 2.67. The minimum atomic E-state index is -1.11. The van der Waals surface area contributed by atoms with Gasteiger partial charge in [0.2, 0.25) is 0 Å². The van der Waals surface area contributed by atoms with Crippen LogP contribution in [0, 0.1) is 5.92 Å². The summed E-state index contributed by atoms with van der Waals surface area (Å²) in [4.78, 5) is 11.2. The molecule has 0 bridgehead atoms. The molecule has 0 heterocycles. The van der Waals surface area contributed by atoms with E-state index in [1.54, 1.807) is 0 Å². The SMILES string of the molecule is CCCCCCCCCCCCC(C(=O)[O-])C(O)C[N+](C)(C)C. The van der Waals surface area contributed by atoms with E-state index in [9.17, 15) is 15.0 Å². The number of quaternary nitrogens is 1. The molecule has 0 spiro atoms. The summed E-state index contributed by atoms with van der Waals surface area (Å²) in [6.07, 6.45) is 12.0. The highest BCUT2D eigenvalue weighted by Gasteiger charge is 2.25. The van der Waals surface area contributed by atoms with Gasteiger partial charge in [-0.25, -0.2) is 0 Å². The molecule has 4 nitrogen and oxygen atoms in total. The zero-order chi connectivity index (χ0) is 17.7. The summed E-state index contributed by atoms with van der Waals surface area (Å²) >= 11 is 0. The number of carboxylic acids is 1. The number of unbranched alkanes of at least 4 members (excludes halogenated alkanes) is 9. The van der Waals surface area contributed by atoms with Gasteiger partial charge in [0.25, 0.3) is 0 Å². The van der Waals surface area contributed by atoms with E-state index in [1.807, 2.05) is 21.1 Å². The maximum Gasteiger partial charge on any atom is 0.111 e. The number of likely N-dealkylation sites (N-methyl/N-ethyl adjacent to an activating group) is 1. The van der Waals surface area contributed by atoms with E-state index in [-0.39, 0.29) is 0 Å². The van der Waals surface area contributed by atoms with E-state index >= 15 is 0 Å². The molecular weight excluding hydrogens is 290 g/mol. The number of hydrogen-bond acceptors (Lipinski definition) is 3. The second-order valence-electron chi connectivity index (χ2n) is 7.94. The van der Waals surface area contributed by atoms with Gasteiger partial charge >= 0.3 is 0 Å². The molecule has 0 saturated heterocycles. The topological polar surface area (TPSA) is 60.4 Å². The maximum absolute atomic E-state index is 11.2. The van der Waals surface area contributed by atoms with Crippen LogP contribution in [0.5, 0.6) is 0 Å². The molecule has 0 fully saturated rings. The second kappa shape index (κ2) is 12.8. The van der Waals surface area contributed by atoms with Gasteiger partial charge in [0.15, 0.2) is 0 Å². The van der Waals surface area contributed by atoms with E-state index in [0.717, 1.165) is 12.8 Å². The number of hydrogen-bond donors (Lipinski definition) is 1. The van der Waals surface area contributed by atoms with Gasteiger partial charge in [0, 0.05) is 11.9 Å². The van der Waals surface area contributed by atoms with Crippen LogP contribution in [0.15, 0.2) is 0 Å². The third-order valence-corrected chi connectivity index (χ3v) is 4.37. The molecule has 138 valence electrons. The van der Waals surface area contributed by atoms with Crippen molar-refractivity contribution in [2.75, 3.05) is 27.7 Å². The zero-order valence-electron chi connectivity index (χ0n) is 15.9. The molecule has 2 unspecified atom stereocenters. The Labute approximate surface area is 143 Å². The summed E-state index contributed by atoms with van der Waals surface area (Å²) in [6, 6.07) is 0. The number of aliphatic hydroxyl groups is 1. The Morgan fingerprint density at radius 1 is 0.913 bits per heavy atom. The van der Waals surface area contributed by atoms with Crippen molar-refractivity contribution in [3.8, 4) is 0 Å². The molecule has 0 radical (unpaired) electrons. The first kappa shape index (κ1) is 22.4. The summed E-state index contributed by atoms with van der Waals surface area (Å²) in [5, 5.41) is 21.4. The lowest BCUT2D eigenvalue weighted by molar-refractivity contribution is -0.874. The normalized spacial score (nSPS) is 14.7. The van der Waals surface area contributed by atoms with Gasteiger partial charge < -0.3 is 19.5 Å². The molecule has 0 aromatic rings. The van der Waals surface area contributed by atoms with Gasteiger partial charge in [0.1, 0.15) is 12.6 Å². The predicted molar refractivity (Wildman–Crippen MR) is 93.9 cm³/mol. The van der Waals surface area contributed by atoms with Crippen molar-refractivity contribution in [3.63, 3.8) is 0 Å². The van der Waals surface area contributed by atoms with Crippen LogP contribution < -0.4 is 5.11 Å². The average molecular weight is 330 g/mol. The molecule has 0 saturated carbocycles. The van der Waals surface area contributed by atoms with E-state index in [2.05, 4.69) is 6.92 Å². The molecule has 0 aliphatic heterocycles. The highest BCUT2D eigenvalue weighted by molar-refractivity contribution is 5.68. The number of carbonyl (C=O) groups excluding carboxylic acids is 1. The van der Waals surface area contributed by atoms with Gasteiger partial charge in [-0.1, -0.05) is 71.1 Å². The molecule has 0 amide bonds. The Bertz CT molecular complexity index is 299. The third-order valence-electron chi connectivity index (χ3n) is 4.37. The number of carboxylic acid groups (broad SMARTS) is 1. The van der Waals surface area contributed by atoms with E-state index in [4.69, 9.17) is 0 Å². The van der Waals surface area contributed by atoms with Crippen LogP contribution in [0.3, 0.4) is 0 Å². The van der Waals surface area contributed by atoms with Crippen LogP contribution in [0.4, 0.5) is 0 Å². The molecule has 4 heteroatoms. The Kier molecular flexibility index (Phi) is 12.4. The Balaban J connectivity index is 3.75. The summed E-state index contributed by atoms with van der Waals surface area (Å²) in [5.74, 6) is -1.84. The maximum atomic E-state index is 11.2. The number of rotatable bonds is 15. The summed E-state index contributed by atoms with van der Waals surface area (Å²) < 4.78 is 0.559. The molecule has 0 rings (SSSR count). The molecule has 0 aromatic heterocycles. The van der Waals surface area contributed by atoms with Crippen molar-refractivity contribution in [3.05, 3.63) is 0 Å². The second-order valence-corrected chi connectivity index (χ2v) is 7.94. The molecule has 1 N–H and O–H groups in total. The van der Waals surface area contributed by atoms with Crippen molar-refractivity contribution >= 4 is 5.97 Å². The van der Waals surface area contributed by atoms with Gasteiger partial charge in [-0.2, -0.15) is 0 Å². The standard InChI is InChI=1S/C19H39NO3/c1-5-6-7-8-9-10-11-12-13-14-15-17(19(22)23)18(21)16-20(2,3)4/h17-18,21H,5-16H2,1-4H3. The highest BCUT2D eigenvalue weighted by atomic mass is 16.4. The fraction of sp³-hybridized carbons (Fsp3) is 0.947. The quantitative estimate of drug-likeness (QED) is 0.371. The smallest absolute Gasteiger partial charge is 0.111 e. The van der Waals surface area contributed by atoms with Gasteiger partial charge in [-0.15, -0.1) is 0 Å². The van der Waals surface area contributed by atoms with Gasteiger partial charge in [-0.3, -0.25) is 0 Å². The van der Waals surface area contributed by atoms with Crippen LogP contribution >= 0.6 is 0 Å². The number of aliphatic hydroxyl groups excluding tert-OH is 1. The van der Waals surface area contributed by atoms with Crippen LogP contribution in [0.25, 0.3) is 0 Å². The van der Waals surface area contributed by atoms with Crippen LogP contribution in [0.2, 0.25) is 0 Å². The fourth-order valence-corrected chi connectivity index (χ4v) is 3.01. The first-order chi connectivity index (χ1) is 10.8. The highest BCUT2D eigenvalue weighted by Crippen LogP contribution is 2.17. The van der Waals surface area contributed by atoms with Crippen molar-refractivity contribution in [2.45, 2.75) is 83.7 Å². The molecule has 2 atom stereocenters. The first-order valence-corrected chi connectivity index (χ1v) is 9.47. The van der Waals surface area contributed by atoms with Gasteiger partial charge in [-0.05, 0) is 6.42 Å². The molecule has 0 aliphatic carbocycles. The van der Waals surface area contributed by atoms with Crippen molar-refractivity contribution in [2.24, 2.45) is 5.92 Å². The number of nitrogens with zero attached hydrogens (tertiary/aromatic N) is 1. The molecular formula is C19H39NO3. The lowest BCUT2D eigenvalue weighted by Gasteiger charge is -2.31. The minimum Gasteiger partial charge on any atom is -0.550 e. The van der Waals surface area contributed by atoms with Crippen LogP contribution in [0.1, 0.15) is 77.6 Å². The lowest BCUT2D eigenvalue weighted by atomic mass is 9.94. The van der Waals surface area contributed by atoms with E-state index in [0.29, 0.717) is 17.4 Å². The van der Waals surface area contributed by atoms with Crippen LogP contribution in [-0.4, -0.2) is 49.4 Å². The van der Waals surface area contributed by atoms with Crippen molar-refractivity contribution in [1.82, 2.24) is 0 Å². The molecule has 0 aliphatic rings. The summed E-state index contributed by atoms with van der Waals surface area (Å²) in [7, 11) is 5.86. The van der Waals surface area contributed by atoms with Crippen molar-refractivity contribution < 1.29 is 19.5 Å². The Hall–Kier alpha value is -0.610. The minimum absolute atomic E-state index is 0.441. The summed E-state index contributed by atoms with van der Waals surface area (Å²) in [5.41, 5.74) is 0. The van der Waals surface area contributed by atoms with Crippen LogP contribution in [-0.2, 0) is 4.79 Å². The largest absolute Gasteiger partial charge is 0.550 e. The fourth-order valence-electron chi connectivity index (χ4n) is 3.01. The lowest BCUT2D eigenvalue weighted by Crippen LogP contribution is -2.48. The third kappa shape index (κ3) is 13.5.